The lowest BCUT2D eigenvalue weighted by molar-refractivity contribution is -0.149. The van der Waals surface area contributed by atoms with Crippen molar-refractivity contribution in [1.82, 2.24) is 9.80 Å². The molecular formula is C20H26ClFN2O2. The number of fused-ring (bicyclic) bond motifs is 1. The van der Waals surface area contributed by atoms with E-state index in [2.05, 4.69) is 9.80 Å². The van der Waals surface area contributed by atoms with Gasteiger partial charge in [-0.05, 0) is 30.5 Å². The van der Waals surface area contributed by atoms with E-state index >= 15 is 0 Å². The number of hydrogen-bond donors (Lipinski definition) is 1. The van der Waals surface area contributed by atoms with Crippen LogP contribution in [0, 0.1) is 17.2 Å². The topological polar surface area (TPSA) is 43.8 Å². The van der Waals surface area contributed by atoms with E-state index in [0.29, 0.717) is 30.7 Å². The second-order valence-electron chi connectivity index (χ2n) is 8.28. The quantitative estimate of drug-likeness (QED) is 0.866. The van der Waals surface area contributed by atoms with Crippen LogP contribution in [0.3, 0.4) is 0 Å². The molecule has 0 spiro atoms. The van der Waals surface area contributed by atoms with Crippen molar-refractivity contribution in [3.8, 4) is 0 Å². The van der Waals surface area contributed by atoms with E-state index in [1.165, 1.54) is 44.2 Å². The molecule has 1 aromatic rings. The number of carbonyl (C=O) groups is 1. The highest BCUT2D eigenvalue weighted by atomic mass is 35.5. The van der Waals surface area contributed by atoms with Crippen molar-refractivity contribution in [3.05, 3.63) is 34.6 Å². The van der Waals surface area contributed by atoms with E-state index in [9.17, 15) is 14.3 Å². The Morgan fingerprint density at radius 3 is 2.65 bits per heavy atom. The maximum Gasteiger partial charge on any atom is 0.312 e. The summed E-state index contributed by atoms with van der Waals surface area (Å²) >= 11 is 6.16. The summed E-state index contributed by atoms with van der Waals surface area (Å²) < 4.78 is 13.3. The van der Waals surface area contributed by atoms with Gasteiger partial charge in [0.05, 0.1) is 5.41 Å². The van der Waals surface area contributed by atoms with Crippen LogP contribution < -0.4 is 0 Å². The average Bonchev–Trinajstić information content (AvgIpc) is 3.13. The first-order chi connectivity index (χ1) is 12.5. The summed E-state index contributed by atoms with van der Waals surface area (Å²) in [5, 5.41) is 10.4. The van der Waals surface area contributed by atoms with Gasteiger partial charge in [-0.2, -0.15) is 0 Å². The zero-order valence-corrected chi connectivity index (χ0v) is 15.7. The summed E-state index contributed by atoms with van der Waals surface area (Å²) in [5.74, 6) is -0.864. The largest absolute Gasteiger partial charge is 0.481 e. The average molecular weight is 381 g/mol. The molecule has 3 fully saturated rings. The third-order valence-corrected chi connectivity index (χ3v) is 6.98. The highest BCUT2D eigenvalue weighted by Crippen LogP contribution is 2.45. The Hall–Kier alpha value is -1.17. The lowest BCUT2D eigenvalue weighted by Gasteiger charge is -2.33. The first-order valence-corrected chi connectivity index (χ1v) is 9.99. The molecule has 6 heteroatoms. The number of halogens is 2. The zero-order chi connectivity index (χ0) is 18.3. The molecule has 0 amide bonds. The van der Waals surface area contributed by atoms with Crippen molar-refractivity contribution in [3.63, 3.8) is 0 Å². The Morgan fingerprint density at radius 1 is 1.23 bits per heavy atom. The highest BCUT2D eigenvalue weighted by Gasteiger charge is 2.58. The molecule has 26 heavy (non-hydrogen) atoms. The fourth-order valence-corrected chi connectivity index (χ4v) is 5.47. The number of nitrogens with zero attached hydrogens (tertiary/aromatic N) is 2. The van der Waals surface area contributed by atoms with Crippen LogP contribution in [0.4, 0.5) is 4.39 Å². The van der Waals surface area contributed by atoms with Gasteiger partial charge in [0.1, 0.15) is 5.82 Å². The van der Waals surface area contributed by atoms with Gasteiger partial charge in [-0.3, -0.25) is 14.6 Å². The van der Waals surface area contributed by atoms with Gasteiger partial charge in [-0.15, -0.1) is 0 Å². The lowest BCUT2D eigenvalue weighted by atomic mass is 9.81. The third-order valence-electron chi connectivity index (χ3n) is 6.63. The molecule has 4 nitrogen and oxygen atoms in total. The van der Waals surface area contributed by atoms with Gasteiger partial charge in [0, 0.05) is 49.7 Å². The molecule has 2 aliphatic heterocycles. The minimum atomic E-state index is -0.677. The minimum absolute atomic E-state index is 0.154. The number of benzene rings is 1. The summed E-state index contributed by atoms with van der Waals surface area (Å²) in [4.78, 5) is 16.8. The summed E-state index contributed by atoms with van der Waals surface area (Å²) in [6.07, 6.45) is 6.25. The molecular weight excluding hydrogens is 355 g/mol. The predicted octanol–water partition coefficient (Wildman–Crippen LogP) is 3.63. The number of hydrogen-bond acceptors (Lipinski definition) is 3. The summed E-state index contributed by atoms with van der Waals surface area (Å²) in [7, 11) is 0. The molecule has 2 atom stereocenters. The number of carboxylic acids is 1. The molecule has 0 aromatic heterocycles. The first kappa shape index (κ1) is 18.2. The lowest BCUT2D eigenvalue weighted by Crippen LogP contribution is -2.43. The SMILES string of the molecule is O=C(O)[C@]12CN(Cc3ccc(F)cc3Cl)C[C@H]1CN(C1CCCCC1)C2. The van der Waals surface area contributed by atoms with Crippen molar-refractivity contribution in [1.29, 1.82) is 0 Å². The van der Waals surface area contributed by atoms with Crippen LogP contribution in [0.15, 0.2) is 18.2 Å². The van der Waals surface area contributed by atoms with Crippen LogP contribution in [-0.2, 0) is 11.3 Å². The maximum atomic E-state index is 13.3. The number of rotatable bonds is 4. The molecule has 1 N–H and O–H groups in total. The van der Waals surface area contributed by atoms with Crippen LogP contribution in [0.25, 0.3) is 0 Å². The van der Waals surface area contributed by atoms with Crippen LogP contribution in [0.5, 0.6) is 0 Å². The van der Waals surface area contributed by atoms with Crippen LogP contribution in [-0.4, -0.2) is 53.1 Å². The van der Waals surface area contributed by atoms with Gasteiger partial charge in [-0.1, -0.05) is 36.9 Å². The fourth-order valence-electron chi connectivity index (χ4n) is 5.25. The van der Waals surface area contributed by atoms with Gasteiger partial charge in [-0.25, -0.2) is 4.39 Å². The monoisotopic (exact) mass is 380 g/mol. The molecule has 142 valence electrons. The molecule has 0 bridgehead atoms. The van der Waals surface area contributed by atoms with E-state index in [1.54, 1.807) is 6.07 Å². The van der Waals surface area contributed by atoms with E-state index in [0.717, 1.165) is 18.7 Å². The second-order valence-corrected chi connectivity index (χ2v) is 8.69. The summed E-state index contributed by atoms with van der Waals surface area (Å²) in [6, 6.07) is 5.00. The smallest absolute Gasteiger partial charge is 0.312 e. The number of carboxylic acid groups (broad SMARTS) is 1. The Labute approximate surface area is 158 Å². The predicted molar refractivity (Wildman–Crippen MR) is 98.7 cm³/mol. The Kier molecular flexibility index (Phi) is 4.97. The number of likely N-dealkylation sites (tertiary alicyclic amines) is 2. The standard InChI is InChI=1S/C20H26ClFN2O2/c21-18-8-16(22)7-6-14(18)9-23-10-15-11-24(17-4-2-1-3-5-17)13-20(15,12-23)19(25)26/h6-8,15,17H,1-5,9-13H2,(H,25,26)/t15-,20-/m0/s1. The molecule has 1 aromatic carbocycles. The van der Waals surface area contributed by atoms with Crippen LogP contribution >= 0.6 is 11.6 Å². The van der Waals surface area contributed by atoms with Crippen LogP contribution in [0.2, 0.25) is 5.02 Å². The van der Waals surface area contributed by atoms with Crippen molar-refractivity contribution in [2.75, 3.05) is 26.2 Å². The zero-order valence-electron chi connectivity index (χ0n) is 15.0. The third kappa shape index (κ3) is 3.25. The summed E-state index contributed by atoms with van der Waals surface area (Å²) in [6.45, 7) is 3.43. The van der Waals surface area contributed by atoms with Crippen molar-refractivity contribution < 1.29 is 14.3 Å². The summed E-state index contributed by atoms with van der Waals surface area (Å²) in [5.41, 5.74) is 0.182. The molecule has 1 aliphatic carbocycles. The Balaban J connectivity index is 1.47. The van der Waals surface area contributed by atoms with E-state index < -0.39 is 11.4 Å². The second kappa shape index (κ2) is 7.10. The molecule has 0 radical (unpaired) electrons. The molecule has 0 unspecified atom stereocenters. The maximum absolute atomic E-state index is 13.3. The van der Waals surface area contributed by atoms with Crippen LogP contribution in [0.1, 0.15) is 37.7 Å². The van der Waals surface area contributed by atoms with Crippen molar-refractivity contribution in [2.24, 2.45) is 11.3 Å². The first-order valence-electron chi connectivity index (χ1n) is 9.62. The van der Waals surface area contributed by atoms with E-state index in [1.807, 2.05) is 0 Å². The fraction of sp³-hybridized carbons (Fsp3) is 0.650. The normalized spacial score (nSPS) is 30.6. The molecule has 2 heterocycles. The molecule has 3 aliphatic rings. The van der Waals surface area contributed by atoms with Gasteiger partial charge in [0.25, 0.3) is 0 Å². The minimum Gasteiger partial charge on any atom is -0.481 e. The van der Waals surface area contributed by atoms with Gasteiger partial charge in [0.2, 0.25) is 0 Å². The van der Waals surface area contributed by atoms with E-state index in [-0.39, 0.29) is 11.7 Å². The number of aliphatic carboxylic acids is 1. The molecule has 4 rings (SSSR count). The van der Waals surface area contributed by atoms with Gasteiger partial charge >= 0.3 is 5.97 Å². The van der Waals surface area contributed by atoms with Gasteiger partial charge in [0.15, 0.2) is 0 Å². The van der Waals surface area contributed by atoms with Crippen molar-refractivity contribution in [2.45, 2.75) is 44.7 Å². The van der Waals surface area contributed by atoms with Crippen molar-refractivity contribution >= 4 is 17.6 Å². The highest BCUT2D eigenvalue weighted by molar-refractivity contribution is 6.31. The molecule has 1 saturated carbocycles. The van der Waals surface area contributed by atoms with Gasteiger partial charge < -0.3 is 5.11 Å². The molecule has 2 saturated heterocycles. The Bertz CT molecular complexity index is 694. The Morgan fingerprint density at radius 2 is 2.00 bits per heavy atom. The van der Waals surface area contributed by atoms with E-state index in [4.69, 9.17) is 11.6 Å².